The molecule has 0 aliphatic rings. The van der Waals surface area contributed by atoms with Gasteiger partial charge in [-0.1, -0.05) is 18.2 Å². The maximum absolute atomic E-state index is 5.57. The van der Waals surface area contributed by atoms with Gasteiger partial charge in [-0.05, 0) is 17.9 Å². The summed E-state index contributed by atoms with van der Waals surface area (Å²) < 4.78 is 0. The quantitative estimate of drug-likeness (QED) is 0.438. The summed E-state index contributed by atoms with van der Waals surface area (Å²) in [5.74, 6) is 5.57. The van der Waals surface area contributed by atoms with E-state index in [1.165, 1.54) is 10.5 Å². The molecule has 1 aromatic carbocycles. The molecule has 0 spiro atoms. The zero-order chi connectivity index (χ0) is 8.97. The van der Waals surface area contributed by atoms with Crippen LogP contribution in [0, 0.1) is 0 Å². The van der Waals surface area contributed by atoms with Crippen molar-refractivity contribution < 1.29 is 0 Å². The second-order valence-electron chi connectivity index (χ2n) is 2.73. The number of hydrogen-bond acceptors (Lipinski definition) is 3. The third-order valence-corrected chi connectivity index (χ3v) is 2.45. The van der Waals surface area contributed by atoms with Crippen LogP contribution in [0.3, 0.4) is 0 Å². The number of rotatable bonds is 3. The molecule has 66 valence electrons. The molecule has 0 aromatic heterocycles. The van der Waals surface area contributed by atoms with Crippen molar-refractivity contribution in [3.8, 4) is 0 Å². The van der Waals surface area contributed by atoms with Crippen molar-refractivity contribution in [3.63, 3.8) is 0 Å². The fourth-order valence-corrected chi connectivity index (χ4v) is 1.71. The van der Waals surface area contributed by atoms with Crippen LogP contribution in [0.15, 0.2) is 29.2 Å². The standard InChI is InChI=1S/C9H14N2S/c1-11(10)7-8-5-3-4-6-9(8)12-2/h3-6H,7,10H2,1-2H3. The zero-order valence-corrected chi connectivity index (χ0v) is 8.27. The summed E-state index contributed by atoms with van der Waals surface area (Å²) in [4.78, 5) is 1.30. The van der Waals surface area contributed by atoms with E-state index in [2.05, 4.69) is 18.4 Å². The molecular weight excluding hydrogens is 168 g/mol. The van der Waals surface area contributed by atoms with Crippen molar-refractivity contribution in [1.29, 1.82) is 0 Å². The molecule has 12 heavy (non-hydrogen) atoms. The second-order valence-corrected chi connectivity index (χ2v) is 3.58. The molecule has 0 heterocycles. The van der Waals surface area contributed by atoms with E-state index in [1.54, 1.807) is 16.8 Å². The molecule has 0 unspecified atom stereocenters. The first-order valence-electron chi connectivity index (χ1n) is 3.81. The van der Waals surface area contributed by atoms with Crippen LogP contribution in [0.2, 0.25) is 0 Å². The predicted molar refractivity (Wildman–Crippen MR) is 53.9 cm³/mol. The Bertz CT molecular complexity index is 248. The topological polar surface area (TPSA) is 29.3 Å². The van der Waals surface area contributed by atoms with Crippen molar-refractivity contribution in [3.05, 3.63) is 29.8 Å². The largest absolute Gasteiger partial charge is 0.269 e. The first-order chi connectivity index (χ1) is 5.74. The molecule has 0 saturated carbocycles. The Morgan fingerprint density at radius 3 is 2.67 bits per heavy atom. The van der Waals surface area contributed by atoms with Crippen LogP contribution in [0.5, 0.6) is 0 Å². The maximum Gasteiger partial charge on any atom is 0.0387 e. The highest BCUT2D eigenvalue weighted by Crippen LogP contribution is 2.20. The zero-order valence-electron chi connectivity index (χ0n) is 7.45. The lowest BCUT2D eigenvalue weighted by Crippen LogP contribution is -2.25. The minimum atomic E-state index is 0.803. The Morgan fingerprint density at radius 2 is 2.08 bits per heavy atom. The molecule has 3 heteroatoms. The molecule has 0 fully saturated rings. The number of benzene rings is 1. The Balaban J connectivity index is 2.82. The molecule has 0 atom stereocenters. The van der Waals surface area contributed by atoms with Crippen LogP contribution in [0.4, 0.5) is 0 Å². The number of hydrogen-bond donors (Lipinski definition) is 1. The summed E-state index contributed by atoms with van der Waals surface area (Å²) in [5, 5.41) is 1.69. The van der Waals surface area contributed by atoms with E-state index in [-0.39, 0.29) is 0 Å². The molecule has 0 aliphatic heterocycles. The molecule has 0 aliphatic carbocycles. The fraction of sp³-hybridized carbons (Fsp3) is 0.333. The van der Waals surface area contributed by atoms with E-state index < -0.39 is 0 Å². The monoisotopic (exact) mass is 182 g/mol. The van der Waals surface area contributed by atoms with Crippen molar-refractivity contribution in [2.24, 2.45) is 5.84 Å². The molecule has 0 saturated heterocycles. The van der Waals surface area contributed by atoms with Crippen LogP contribution in [-0.4, -0.2) is 18.3 Å². The summed E-state index contributed by atoms with van der Waals surface area (Å²) in [5.41, 5.74) is 1.29. The van der Waals surface area contributed by atoms with Gasteiger partial charge in [0.25, 0.3) is 0 Å². The van der Waals surface area contributed by atoms with E-state index in [9.17, 15) is 0 Å². The summed E-state index contributed by atoms with van der Waals surface area (Å²) in [6.07, 6.45) is 2.08. The van der Waals surface area contributed by atoms with E-state index in [4.69, 9.17) is 5.84 Å². The van der Waals surface area contributed by atoms with E-state index in [1.807, 2.05) is 19.2 Å². The van der Waals surface area contributed by atoms with Crippen LogP contribution in [-0.2, 0) is 6.54 Å². The van der Waals surface area contributed by atoms with Gasteiger partial charge in [0.15, 0.2) is 0 Å². The summed E-state index contributed by atoms with van der Waals surface area (Å²) in [6.45, 7) is 0.803. The normalized spacial score (nSPS) is 10.7. The Labute approximate surface area is 77.7 Å². The van der Waals surface area contributed by atoms with Gasteiger partial charge in [-0.25, -0.2) is 5.01 Å². The summed E-state index contributed by atoms with van der Waals surface area (Å²) >= 11 is 1.76. The maximum atomic E-state index is 5.57. The highest BCUT2D eigenvalue weighted by molar-refractivity contribution is 7.98. The van der Waals surface area contributed by atoms with Gasteiger partial charge in [-0.15, -0.1) is 11.8 Å². The van der Waals surface area contributed by atoms with Gasteiger partial charge in [-0.2, -0.15) is 0 Å². The Hall–Kier alpha value is -0.510. The first kappa shape index (κ1) is 9.58. The fourth-order valence-electron chi connectivity index (χ4n) is 1.10. The van der Waals surface area contributed by atoms with E-state index in [0.29, 0.717) is 0 Å². The van der Waals surface area contributed by atoms with E-state index >= 15 is 0 Å². The number of nitrogens with zero attached hydrogens (tertiary/aromatic N) is 1. The molecule has 1 rings (SSSR count). The van der Waals surface area contributed by atoms with Crippen LogP contribution >= 0.6 is 11.8 Å². The highest BCUT2D eigenvalue weighted by Gasteiger charge is 2.00. The first-order valence-corrected chi connectivity index (χ1v) is 5.04. The van der Waals surface area contributed by atoms with Gasteiger partial charge in [-0.3, -0.25) is 5.84 Å². The average Bonchev–Trinajstić information content (AvgIpc) is 2.04. The summed E-state index contributed by atoms with van der Waals surface area (Å²) in [6, 6.07) is 8.31. The van der Waals surface area contributed by atoms with E-state index in [0.717, 1.165) is 6.54 Å². The van der Waals surface area contributed by atoms with Crippen molar-refractivity contribution in [2.75, 3.05) is 13.3 Å². The lowest BCUT2D eigenvalue weighted by atomic mass is 10.2. The SMILES string of the molecule is CSc1ccccc1CN(C)N. The lowest BCUT2D eigenvalue weighted by Gasteiger charge is -2.11. The minimum absolute atomic E-state index is 0.803. The highest BCUT2D eigenvalue weighted by atomic mass is 32.2. The molecule has 2 nitrogen and oxygen atoms in total. The lowest BCUT2D eigenvalue weighted by molar-refractivity contribution is 0.339. The third-order valence-electron chi connectivity index (χ3n) is 1.61. The minimum Gasteiger partial charge on any atom is -0.269 e. The van der Waals surface area contributed by atoms with Gasteiger partial charge in [0, 0.05) is 18.5 Å². The van der Waals surface area contributed by atoms with Gasteiger partial charge in [0.1, 0.15) is 0 Å². The number of nitrogens with two attached hydrogens (primary N) is 1. The van der Waals surface area contributed by atoms with Crippen LogP contribution < -0.4 is 5.84 Å². The predicted octanol–water partition coefficient (Wildman–Crippen LogP) is 1.71. The van der Waals surface area contributed by atoms with Crippen LogP contribution in [0.25, 0.3) is 0 Å². The number of thioether (sulfide) groups is 1. The van der Waals surface area contributed by atoms with Crippen molar-refractivity contribution >= 4 is 11.8 Å². The Kier molecular flexibility index (Phi) is 3.59. The molecule has 0 bridgehead atoms. The average molecular weight is 182 g/mol. The third kappa shape index (κ3) is 2.52. The number of hydrazine groups is 1. The van der Waals surface area contributed by atoms with Gasteiger partial charge >= 0.3 is 0 Å². The smallest absolute Gasteiger partial charge is 0.0387 e. The van der Waals surface area contributed by atoms with Gasteiger partial charge in [0.2, 0.25) is 0 Å². The van der Waals surface area contributed by atoms with Gasteiger partial charge in [0.05, 0.1) is 0 Å². The second kappa shape index (κ2) is 4.50. The van der Waals surface area contributed by atoms with Crippen molar-refractivity contribution in [1.82, 2.24) is 5.01 Å². The molecule has 1 aromatic rings. The molecular formula is C9H14N2S. The Morgan fingerprint density at radius 1 is 1.42 bits per heavy atom. The molecule has 0 radical (unpaired) electrons. The molecule has 0 amide bonds. The van der Waals surface area contributed by atoms with Gasteiger partial charge < -0.3 is 0 Å². The molecule has 2 N–H and O–H groups in total. The van der Waals surface area contributed by atoms with Crippen molar-refractivity contribution in [2.45, 2.75) is 11.4 Å². The summed E-state index contributed by atoms with van der Waals surface area (Å²) in [7, 11) is 1.87. The van der Waals surface area contributed by atoms with Crippen LogP contribution in [0.1, 0.15) is 5.56 Å².